The van der Waals surface area contributed by atoms with Crippen molar-refractivity contribution in [3.63, 3.8) is 0 Å². The molecule has 0 radical (unpaired) electrons. The van der Waals surface area contributed by atoms with Crippen LogP contribution in [0, 0.1) is 5.41 Å². The number of piperidine rings is 1. The van der Waals surface area contributed by atoms with Crippen LogP contribution in [0.5, 0.6) is 0 Å². The van der Waals surface area contributed by atoms with Gasteiger partial charge in [-0.25, -0.2) is 0 Å². The van der Waals surface area contributed by atoms with Crippen LogP contribution in [0.2, 0.25) is 0 Å². The van der Waals surface area contributed by atoms with Gasteiger partial charge in [-0.2, -0.15) is 0 Å². The van der Waals surface area contributed by atoms with Gasteiger partial charge in [0.05, 0.1) is 0 Å². The summed E-state index contributed by atoms with van der Waals surface area (Å²) in [5.74, 6) is 0.519. The molecule has 0 N–H and O–H groups in total. The van der Waals surface area contributed by atoms with Crippen LogP contribution in [0.25, 0.3) is 0 Å². The minimum Gasteiger partial charge on any atom is -0.305 e. The molecule has 56 valence electrons. The van der Waals surface area contributed by atoms with Gasteiger partial charge in [-0.1, -0.05) is 0 Å². The van der Waals surface area contributed by atoms with Gasteiger partial charge in [0.15, 0.2) is 0 Å². The molecule has 2 aliphatic rings. The molecule has 1 saturated heterocycles. The zero-order valence-corrected chi connectivity index (χ0v) is 6.39. The molecule has 1 aliphatic heterocycles. The van der Waals surface area contributed by atoms with Gasteiger partial charge in [0, 0.05) is 24.9 Å². The maximum absolute atomic E-state index is 11.3. The van der Waals surface area contributed by atoms with Crippen molar-refractivity contribution in [2.45, 2.75) is 19.3 Å². The highest BCUT2D eigenvalue weighted by atomic mass is 16.1. The summed E-state index contributed by atoms with van der Waals surface area (Å²) in [7, 11) is 2.10. The average molecular weight is 139 g/mol. The second kappa shape index (κ2) is 1.82. The molecule has 2 rings (SSSR count). The number of rotatable bonds is 0. The van der Waals surface area contributed by atoms with Crippen LogP contribution in [0.3, 0.4) is 0 Å². The van der Waals surface area contributed by atoms with E-state index in [1.807, 2.05) is 0 Å². The van der Waals surface area contributed by atoms with Gasteiger partial charge in [-0.3, -0.25) is 4.79 Å². The zero-order chi connectivity index (χ0) is 7.19. The Morgan fingerprint density at radius 3 is 2.70 bits per heavy atom. The molecule has 0 bridgehead atoms. The fourth-order valence-corrected chi connectivity index (χ4v) is 1.83. The minimum absolute atomic E-state index is 0.146. The third kappa shape index (κ3) is 0.788. The molecule has 2 nitrogen and oxygen atoms in total. The van der Waals surface area contributed by atoms with Gasteiger partial charge in [-0.05, 0) is 19.9 Å². The summed E-state index contributed by atoms with van der Waals surface area (Å²) in [6.45, 7) is 1.99. The van der Waals surface area contributed by atoms with Gasteiger partial charge in [-0.15, -0.1) is 0 Å². The molecule has 0 unspecified atom stereocenters. The van der Waals surface area contributed by atoms with Crippen molar-refractivity contribution in [3.8, 4) is 0 Å². The molecule has 0 aromatic carbocycles. The number of carbonyl (C=O) groups is 1. The van der Waals surface area contributed by atoms with E-state index in [9.17, 15) is 4.79 Å². The second-order valence-electron chi connectivity index (χ2n) is 3.69. The highest BCUT2D eigenvalue weighted by Gasteiger charge is 2.51. The first-order chi connectivity index (χ1) is 4.73. The Morgan fingerprint density at radius 1 is 1.50 bits per heavy atom. The van der Waals surface area contributed by atoms with Crippen LogP contribution in [-0.2, 0) is 4.79 Å². The summed E-state index contributed by atoms with van der Waals surface area (Å²) in [5, 5.41) is 0. The Labute approximate surface area is 61.2 Å². The maximum atomic E-state index is 11.3. The standard InChI is InChI=1S/C8H13NO/c1-9-5-2-7(10)8(6-9)3-4-8/h2-6H2,1H3. The topological polar surface area (TPSA) is 20.3 Å². The molecule has 10 heavy (non-hydrogen) atoms. The Bertz CT molecular complexity index is 172. The second-order valence-corrected chi connectivity index (χ2v) is 3.69. The van der Waals surface area contributed by atoms with E-state index in [4.69, 9.17) is 0 Å². The summed E-state index contributed by atoms with van der Waals surface area (Å²) in [4.78, 5) is 13.6. The zero-order valence-electron chi connectivity index (χ0n) is 6.39. The van der Waals surface area contributed by atoms with Crippen molar-refractivity contribution in [1.82, 2.24) is 4.90 Å². The fraction of sp³-hybridized carbons (Fsp3) is 0.875. The van der Waals surface area contributed by atoms with E-state index < -0.39 is 0 Å². The van der Waals surface area contributed by atoms with Gasteiger partial charge >= 0.3 is 0 Å². The van der Waals surface area contributed by atoms with Crippen LogP contribution in [0.4, 0.5) is 0 Å². The number of nitrogens with zero attached hydrogens (tertiary/aromatic N) is 1. The number of Topliss-reactive ketones (excluding diaryl/α,β-unsaturated/α-hetero) is 1. The van der Waals surface area contributed by atoms with E-state index in [-0.39, 0.29) is 5.41 Å². The number of hydrogen-bond acceptors (Lipinski definition) is 2. The van der Waals surface area contributed by atoms with Crippen molar-refractivity contribution in [2.75, 3.05) is 20.1 Å². The Balaban J connectivity index is 2.10. The van der Waals surface area contributed by atoms with Crippen molar-refractivity contribution in [1.29, 1.82) is 0 Å². The molecular formula is C8H13NO. The lowest BCUT2D eigenvalue weighted by molar-refractivity contribution is -0.127. The van der Waals surface area contributed by atoms with Crippen LogP contribution in [0.1, 0.15) is 19.3 Å². The SMILES string of the molecule is CN1CCC(=O)C2(CC2)C1. The third-order valence-corrected chi connectivity index (χ3v) is 2.74. The van der Waals surface area contributed by atoms with Crippen LogP contribution < -0.4 is 0 Å². The Morgan fingerprint density at radius 2 is 2.20 bits per heavy atom. The van der Waals surface area contributed by atoms with Crippen molar-refractivity contribution < 1.29 is 4.79 Å². The van der Waals surface area contributed by atoms with E-state index in [0.717, 1.165) is 32.4 Å². The van der Waals surface area contributed by atoms with Crippen molar-refractivity contribution >= 4 is 5.78 Å². The molecule has 0 atom stereocenters. The molecule has 2 heteroatoms. The predicted octanol–water partition coefficient (Wildman–Crippen LogP) is 0.671. The molecule has 1 aliphatic carbocycles. The van der Waals surface area contributed by atoms with E-state index in [2.05, 4.69) is 11.9 Å². The molecular weight excluding hydrogens is 126 g/mol. The highest BCUT2D eigenvalue weighted by molar-refractivity contribution is 5.88. The summed E-state index contributed by atoms with van der Waals surface area (Å²) in [5.41, 5.74) is 0.146. The highest BCUT2D eigenvalue weighted by Crippen LogP contribution is 2.49. The normalized spacial score (nSPS) is 31.1. The minimum atomic E-state index is 0.146. The fourth-order valence-electron chi connectivity index (χ4n) is 1.83. The smallest absolute Gasteiger partial charge is 0.141 e. The first-order valence-electron chi connectivity index (χ1n) is 3.95. The largest absolute Gasteiger partial charge is 0.305 e. The lowest BCUT2D eigenvalue weighted by atomic mass is 9.94. The predicted molar refractivity (Wildman–Crippen MR) is 38.8 cm³/mol. The molecule has 1 spiro atoms. The lowest BCUT2D eigenvalue weighted by Gasteiger charge is -2.28. The third-order valence-electron chi connectivity index (χ3n) is 2.74. The Kier molecular flexibility index (Phi) is 1.15. The molecule has 2 fully saturated rings. The molecule has 1 saturated carbocycles. The van der Waals surface area contributed by atoms with Crippen LogP contribution >= 0.6 is 0 Å². The average Bonchev–Trinajstić information content (AvgIpc) is 2.62. The number of hydrogen-bond donors (Lipinski definition) is 0. The monoisotopic (exact) mass is 139 g/mol. The van der Waals surface area contributed by atoms with Gasteiger partial charge < -0.3 is 4.90 Å². The molecule has 1 heterocycles. The number of likely N-dealkylation sites (tertiary alicyclic amines) is 1. The summed E-state index contributed by atoms with van der Waals surface area (Å²) in [6, 6.07) is 0. The van der Waals surface area contributed by atoms with E-state index in [1.165, 1.54) is 0 Å². The van der Waals surface area contributed by atoms with Gasteiger partial charge in [0.2, 0.25) is 0 Å². The summed E-state index contributed by atoms with van der Waals surface area (Å²) >= 11 is 0. The quantitative estimate of drug-likeness (QED) is 0.491. The molecule has 0 aromatic rings. The summed E-state index contributed by atoms with van der Waals surface area (Å²) in [6.07, 6.45) is 3.09. The molecule has 0 amide bonds. The first kappa shape index (κ1) is 6.35. The number of carbonyl (C=O) groups excluding carboxylic acids is 1. The number of ketones is 1. The lowest BCUT2D eigenvalue weighted by Crippen LogP contribution is -2.39. The van der Waals surface area contributed by atoms with Gasteiger partial charge in [0.25, 0.3) is 0 Å². The van der Waals surface area contributed by atoms with Gasteiger partial charge in [0.1, 0.15) is 5.78 Å². The van der Waals surface area contributed by atoms with Crippen molar-refractivity contribution in [3.05, 3.63) is 0 Å². The van der Waals surface area contributed by atoms with Crippen molar-refractivity contribution in [2.24, 2.45) is 5.41 Å². The molecule has 0 aromatic heterocycles. The Hall–Kier alpha value is -0.370. The maximum Gasteiger partial charge on any atom is 0.141 e. The van der Waals surface area contributed by atoms with E-state index >= 15 is 0 Å². The summed E-state index contributed by atoms with van der Waals surface area (Å²) < 4.78 is 0. The van der Waals surface area contributed by atoms with Crippen LogP contribution in [-0.4, -0.2) is 30.8 Å². The van der Waals surface area contributed by atoms with E-state index in [0.29, 0.717) is 5.78 Å². The van der Waals surface area contributed by atoms with E-state index in [1.54, 1.807) is 0 Å². The van der Waals surface area contributed by atoms with Crippen LogP contribution in [0.15, 0.2) is 0 Å². The first-order valence-corrected chi connectivity index (χ1v) is 3.95.